The predicted octanol–water partition coefficient (Wildman–Crippen LogP) is 2.29. The third-order valence-electron chi connectivity index (χ3n) is 2.25. The summed E-state index contributed by atoms with van der Waals surface area (Å²) < 4.78 is 0. The maximum Gasteiger partial charge on any atom is 0.0769 e. The first kappa shape index (κ1) is 10.2. The lowest BCUT2D eigenvalue weighted by atomic mass is 10.2. The highest BCUT2D eigenvalue weighted by Gasteiger charge is 1.98. The molecule has 4 heteroatoms. The number of rotatable bonds is 3. The van der Waals surface area contributed by atoms with Gasteiger partial charge in [0.2, 0.25) is 0 Å². The van der Waals surface area contributed by atoms with Crippen molar-refractivity contribution in [1.82, 2.24) is 0 Å². The van der Waals surface area contributed by atoms with Gasteiger partial charge < -0.3 is 11.5 Å². The van der Waals surface area contributed by atoms with Crippen LogP contribution in [0.5, 0.6) is 0 Å². The molecular weight excluding hydrogens is 200 g/mol. The van der Waals surface area contributed by atoms with E-state index in [9.17, 15) is 0 Å². The molecule has 0 radical (unpaired) electrons. The lowest BCUT2D eigenvalue weighted by Gasteiger charge is -2.12. The van der Waals surface area contributed by atoms with Gasteiger partial charge >= 0.3 is 0 Å². The van der Waals surface area contributed by atoms with Gasteiger partial charge in [0.1, 0.15) is 0 Å². The molecule has 2 rings (SSSR count). The van der Waals surface area contributed by atoms with Crippen LogP contribution in [-0.4, -0.2) is 0 Å². The minimum atomic E-state index is 0.685. The van der Waals surface area contributed by atoms with E-state index in [0.717, 1.165) is 11.4 Å². The summed E-state index contributed by atoms with van der Waals surface area (Å²) in [5.74, 6) is 0. The van der Waals surface area contributed by atoms with Crippen molar-refractivity contribution in [2.24, 2.45) is 0 Å². The van der Waals surface area contributed by atoms with Crippen LogP contribution in [0.2, 0.25) is 0 Å². The number of nitrogens with one attached hydrogen (secondary N) is 2. The second-order valence-corrected chi connectivity index (χ2v) is 3.42. The summed E-state index contributed by atoms with van der Waals surface area (Å²) >= 11 is 0. The van der Waals surface area contributed by atoms with E-state index in [1.165, 1.54) is 0 Å². The number of hydrogen-bond acceptors (Lipinski definition) is 4. The first-order valence-corrected chi connectivity index (χ1v) is 4.98. The number of benzene rings is 2. The van der Waals surface area contributed by atoms with E-state index < -0.39 is 0 Å². The minimum absolute atomic E-state index is 0.685. The van der Waals surface area contributed by atoms with Crippen LogP contribution < -0.4 is 22.3 Å². The van der Waals surface area contributed by atoms with Crippen LogP contribution in [0.3, 0.4) is 0 Å². The quantitative estimate of drug-likeness (QED) is 0.467. The molecule has 0 amide bonds. The van der Waals surface area contributed by atoms with Crippen LogP contribution in [0.4, 0.5) is 22.7 Å². The minimum Gasteiger partial charge on any atom is -0.397 e. The van der Waals surface area contributed by atoms with E-state index in [2.05, 4.69) is 10.9 Å². The highest BCUT2D eigenvalue weighted by atomic mass is 15.4. The summed E-state index contributed by atoms with van der Waals surface area (Å²) in [5.41, 5.74) is 20.6. The van der Waals surface area contributed by atoms with Gasteiger partial charge in [0, 0.05) is 0 Å². The zero-order chi connectivity index (χ0) is 11.4. The third-order valence-corrected chi connectivity index (χ3v) is 2.25. The Hall–Kier alpha value is -2.36. The van der Waals surface area contributed by atoms with E-state index in [4.69, 9.17) is 11.5 Å². The highest BCUT2D eigenvalue weighted by molar-refractivity contribution is 5.71. The largest absolute Gasteiger partial charge is 0.397 e. The first-order chi connectivity index (χ1) is 7.77. The number of hydrazine groups is 1. The van der Waals surface area contributed by atoms with Crippen molar-refractivity contribution in [2.45, 2.75) is 0 Å². The third kappa shape index (κ3) is 2.17. The van der Waals surface area contributed by atoms with E-state index in [1.807, 2.05) is 48.5 Å². The van der Waals surface area contributed by atoms with Gasteiger partial charge in [-0.15, -0.1) is 0 Å². The van der Waals surface area contributed by atoms with Crippen LogP contribution in [0.15, 0.2) is 48.5 Å². The lowest BCUT2D eigenvalue weighted by Crippen LogP contribution is -2.11. The standard InChI is InChI=1S/C12H14N4/c13-9-5-1-3-7-11(9)15-16-12-8-4-2-6-10(12)14/h1-8,15-16H,13-14H2. The molecule has 0 spiro atoms. The van der Waals surface area contributed by atoms with Crippen LogP contribution in [-0.2, 0) is 0 Å². The molecule has 2 aromatic rings. The van der Waals surface area contributed by atoms with Crippen molar-refractivity contribution < 1.29 is 0 Å². The zero-order valence-corrected chi connectivity index (χ0v) is 8.77. The number of anilines is 4. The summed E-state index contributed by atoms with van der Waals surface area (Å²) in [4.78, 5) is 0. The van der Waals surface area contributed by atoms with Gasteiger partial charge in [0.05, 0.1) is 22.7 Å². The molecule has 0 fully saturated rings. The van der Waals surface area contributed by atoms with Crippen molar-refractivity contribution >= 4 is 22.7 Å². The Morgan fingerprint density at radius 1 is 0.625 bits per heavy atom. The Bertz CT molecular complexity index is 436. The van der Waals surface area contributed by atoms with Crippen molar-refractivity contribution in [3.8, 4) is 0 Å². The van der Waals surface area contributed by atoms with Crippen LogP contribution in [0.25, 0.3) is 0 Å². The van der Waals surface area contributed by atoms with Crippen molar-refractivity contribution in [1.29, 1.82) is 0 Å². The number of para-hydroxylation sites is 4. The van der Waals surface area contributed by atoms with Crippen LogP contribution >= 0.6 is 0 Å². The maximum atomic E-state index is 5.79. The zero-order valence-electron chi connectivity index (χ0n) is 8.77. The molecule has 2 aromatic carbocycles. The molecule has 0 bridgehead atoms. The van der Waals surface area contributed by atoms with Gasteiger partial charge in [-0.05, 0) is 24.3 Å². The average molecular weight is 214 g/mol. The summed E-state index contributed by atoms with van der Waals surface area (Å²) in [7, 11) is 0. The predicted molar refractivity (Wildman–Crippen MR) is 69.0 cm³/mol. The number of nitrogens with two attached hydrogens (primary N) is 2. The second-order valence-electron chi connectivity index (χ2n) is 3.42. The molecule has 0 heterocycles. The van der Waals surface area contributed by atoms with Gasteiger partial charge in [0.25, 0.3) is 0 Å². The van der Waals surface area contributed by atoms with Gasteiger partial charge in [-0.2, -0.15) is 0 Å². The molecule has 82 valence electrons. The number of hydrogen-bond donors (Lipinski definition) is 4. The second kappa shape index (κ2) is 4.44. The molecule has 0 aromatic heterocycles. The Balaban J connectivity index is 2.09. The van der Waals surface area contributed by atoms with E-state index in [1.54, 1.807) is 0 Å². The summed E-state index contributed by atoms with van der Waals surface area (Å²) in [6, 6.07) is 15.0. The normalized spacial score (nSPS) is 9.75. The van der Waals surface area contributed by atoms with E-state index in [0.29, 0.717) is 11.4 Å². The molecule has 0 saturated carbocycles. The first-order valence-electron chi connectivity index (χ1n) is 4.98. The molecule has 0 unspecified atom stereocenters. The van der Waals surface area contributed by atoms with Crippen molar-refractivity contribution in [3.63, 3.8) is 0 Å². The van der Waals surface area contributed by atoms with Crippen molar-refractivity contribution in [3.05, 3.63) is 48.5 Å². The van der Waals surface area contributed by atoms with Gasteiger partial charge in [-0.1, -0.05) is 24.3 Å². The molecule has 4 nitrogen and oxygen atoms in total. The lowest BCUT2D eigenvalue weighted by molar-refractivity contribution is 1.41. The van der Waals surface area contributed by atoms with Crippen LogP contribution in [0.1, 0.15) is 0 Å². The summed E-state index contributed by atoms with van der Waals surface area (Å²) in [6.07, 6.45) is 0. The molecule has 0 aliphatic heterocycles. The van der Waals surface area contributed by atoms with E-state index in [-0.39, 0.29) is 0 Å². The Kier molecular flexibility index (Phi) is 2.82. The molecule has 16 heavy (non-hydrogen) atoms. The number of nitrogen functional groups attached to an aromatic ring is 2. The van der Waals surface area contributed by atoms with Gasteiger partial charge in [0.15, 0.2) is 0 Å². The smallest absolute Gasteiger partial charge is 0.0769 e. The van der Waals surface area contributed by atoms with Crippen LogP contribution in [0, 0.1) is 0 Å². The van der Waals surface area contributed by atoms with Gasteiger partial charge in [-0.3, -0.25) is 10.9 Å². The summed E-state index contributed by atoms with van der Waals surface area (Å²) in [5, 5.41) is 0. The van der Waals surface area contributed by atoms with E-state index >= 15 is 0 Å². The SMILES string of the molecule is Nc1ccccc1NNc1ccccc1N. The molecular formula is C12H14N4. The van der Waals surface area contributed by atoms with Crippen molar-refractivity contribution in [2.75, 3.05) is 22.3 Å². The van der Waals surface area contributed by atoms with Gasteiger partial charge in [-0.25, -0.2) is 0 Å². The molecule has 0 atom stereocenters. The Morgan fingerprint density at radius 3 is 1.38 bits per heavy atom. The monoisotopic (exact) mass is 214 g/mol. The average Bonchev–Trinajstić information content (AvgIpc) is 2.30. The molecule has 0 aliphatic rings. The molecule has 6 N–H and O–H groups in total. The summed E-state index contributed by atoms with van der Waals surface area (Å²) in [6.45, 7) is 0. The topological polar surface area (TPSA) is 76.1 Å². The Labute approximate surface area is 94.2 Å². The molecule has 0 aliphatic carbocycles. The Morgan fingerprint density at radius 2 is 1.00 bits per heavy atom. The maximum absolute atomic E-state index is 5.79. The fraction of sp³-hybridized carbons (Fsp3) is 0. The fourth-order valence-corrected chi connectivity index (χ4v) is 1.36. The fourth-order valence-electron chi connectivity index (χ4n) is 1.36. The molecule has 0 saturated heterocycles. The highest BCUT2D eigenvalue weighted by Crippen LogP contribution is 2.20.